The Balaban J connectivity index is 2.28. The lowest BCUT2D eigenvalue weighted by Crippen LogP contribution is -2.06. The van der Waals surface area contributed by atoms with Crippen molar-refractivity contribution in [3.63, 3.8) is 0 Å². The highest BCUT2D eigenvalue weighted by Gasteiger charge is 2.11. The average Bonchev–Trinajstić information content (AvgIpc) is 2.82. The van der Waals surface area contributed by atoms with Crippen molar-refractivity contribution in [1.29, 1.82) is 0 Å². The van der Waals surface area contributed by atoms with Crippen molar-refractivity contribution in [2.45, 2.75) is 6.92 Å². The van der Waals surface area contributed by atoms with Gasteiger partial charge >= 0.3 is 0 Å². The standard InChI is InChI=1S/C14H12N2O2S2/c1-7-5-8(3-4-10(7)18-2)9-6-20-13-11(9)12(17)15-14(19)16-13/h3-6H,1-2H3,(H2,15,16,17,19). The molecule has 2 N–H and O–H groups in total. The number of aryl methyl sites for hydroxylation is 1. The van der Waals surface area contributed by atoms with E-state index in [1.165, 1.54) is 11.3 Å². The van der Waals surface area contributed by atoms with Crippen LogP contribution in [0.1, 0.15) is 5.56 Å². The topological polar surface area (TPSA) is 57.9 Å². The third-order valence-electron chi connectivity index (χ3n) is 3.18. The van der Waals surface area contributed by atoms with Crippen LogP contribution in [-0.4, -0.2) is 17.1 Å². The number of hydrogen-bond acceptors (Lipinski definition) is 4. The first-order chi connectivity index (χ1) is 9.60. The Labute approximate surface area is 124 Å². The Hall–Kier alpha value is -1.92. The second-order valence-corrected chi connectivity index (χ2v) is 5.73. The number of H-pyrrole nitrogens is 2. The first kappa shape index (κ1) is 13.1. The molecule has 0 saturated heterocycles. The summed E-state index contributed by atoms with van der Waals surface area (Å²) in [4.78, 5) is 18.5. The summed E-state index contributed by atoms with van der Waals surface area (Å²) in [5.41, 5.74) is 2.77. The molecule has 0 aliphatic heterocycles. The molecule has 6 heteroatoms. The van der Waals surface area contributed by atoms with E-state index in [9.17, 15) is 4.79 Å². The molecule has 3 rings (SSSR count). The van der Waals surface area contributed by atoms with Crippen LogP contribution in [-0.2, 0) is 0 Å². The van der Waals surface area contributed by atoms with Gasteiger partial charge in [0, 0.05) is 10.9 Å². The number of nitrogens with one attached hydrogen (secondary N) is 2. The highest BCUT2D eigenvalue weighted by molar-refractivity contribution is 7.71. The molecule has 0 aliphatic carbocycles. The number of methoxy groups -OCH3 is 1. The van der Waals surface area contributed by atoms with Crippen LogP contribution in [0.3, 0.4) is 0 Å². The van der Waals surface area contributed by atoms with Gasteiger partial charge in [0.2, 0.25) is 0 Å². The average molecular weight is 304 g/mol. The summed E-state index contributed by atoms with van der Waals surface area (Å²) in [6.07, 6.45) is 0. The first-order valence-corrected chi connectivity index (χ1v) is 7.28. The van der Waals surface area contributed by atoms with E-state index in [4.69, 9.17) is 17.0 Å². The number of benzene rings is 1. The maximum Gasteiger partial charge on any atom is 0.261 e. The largest absolute Gasteiger partial charge is 0.496 e. The number of aromatic nitrogens is 2. The van der Waals surface area contributed by atoms with E-state index in [0.717, 1.165) is 27.3 Å². The Kier molecular flexibility index (Phi) is 3.19. The Morgan fingerprint density at radius 1 is 1.30 bits per heavy atom. The number of rotatable bonds is 2. The summed E-state index contributed by atoms with van der Waals surface area (Å²) in [6, 6.07) is 5.88. The monoisotopic (exact) mass is 304 g/mol. The van der Waals surface area contributed by atoms with Gasteiger partial charge in [-0.2, -0.15) is 0 Å². The predicted molar refractivity (Wildman–Crippen MR) is 84.4 cm³/mol. The van der Waals surface area contributed by atoms with Crippen LogP contribution >= 0.6 is 23.6 Å². The highest BCUT2D eigenvalue weighted by atomic mass is 32.1. The zero-order valence-corrected chi connectivity index (χ0v) is 12.6. The van der Waals surface area contributed by atoms with Gasteiger partial charge in [0.15, 0.2) is 4.77 Å². The number of fused-ring (bicyclic) bond motifs is 1. The van der Waals surface area contributed by atoms with Gasteiger partial charge in [-0.25, -0.2) is 0 Å². The van der Waals surface area contributed by atoms with E-state index in [2.05, 4.69) is 9.97 Å². The fourth-order valence-corrected chi connectivity index (χ4v) is 3.46. The summed E-state index contributed by atoms with van der Waals surface area (Å²) in [6.45, 7) is 1.98. The zero-order valence-electron chi connectivity index (χ0n) is 10.9. The van der Waals surface area contributed by atoms with Gasteiger partial charge in [0.25, 0.3) is 5.56 Å². The zero-order chi connectivity index (χ0) is 14.3. The van der Waals surface area contributed by atoms with Crippen LogP contribution in [0.15, 0.2) is 28.4 Å². The Morgan fingerprint density at radius 2 is 2.10 bits per heavy atom. The van der Waals surface area contributed by atoms with Crippen LogP contribution in [0, 0.1) is 11.7 Å². The van der Waals surface area contributed by atoms with Crippen LogP contribution < -0.4 is 10.3 Å². The molecule has 102 valence electrons. The maximum absolute atomic E-state index is 12.1. The lowest BCUT2D eigenvalue weighted by atomic mass is 10.0. The molecular weight excluding hydrogens is 292 g/mol. The first-order valence-electron chi connectivity index (χ1n) is 5.99. The molecular formula is C14H12N2O2S2. The summed E-state index contributed by atoms with van der Waals surface area (Å²) >= 11 is 6.47. The second kappa shape index (κ2) is 4.88. The second-order valence-electron chi connectivity index (χ2n) is 4.45. The van der Waals surface area contributed by atoms with Gasteiger partial charge in [-0.1, -0.05) is 6.07 Å². The van der Waals surface area contributed by atoms with Crippen LogP contribution in [0.25, 0.3) is 21.3 Å². The van der Waals surface area contributed by atoms with E-state index in [0.29, 0.717) is 10.2 Å². The molecule has 0 saturated carbocycles. The fraction of sp³-hybridized carbons (Fsp3) is 0.143. The molecule has 4 nitrogen and oxygen atoms in total. The maximum atomic E-state index is 12.1. The van der Waals surface area contributed by atoms with Crippen molar-refractivity contribution >= 4 is 33.8 Å². The van der Waals surface area contributed by atoms with Crippen molar-refractivity contribution in [3.8, 4) is 16.9 Å². The molecule has 0 fully saturated rings. The summed E-state index contributed by atoms with van der Waals surface area (Å²) in [7, 11) is 1.65. The van der Waals surface area contributed by atoms with E-state index >= 15 is 0 Å². The third-order valence-corrected chi connectivity index (χ3v) is 4.28. The van der Waals surface area contributed by atoms with Crippen LogP contribution in [0.2, 0.25) is 0 Å². The molecule has 0 unspecified atom stereocenters. The van der Waals surface area contributed by atoms with Gasteiger partial charge in [0.1, 0.15) is 10.6 Å². The van der Waals surface area contributed by atoms with E-state index in [-0.39, 0.29) is 5.56 Å². The van der Waals surface area contributed by atoms with Crippen molar-refractivity contribution in [3.05, 3.63) is 44.3 Å². The Bertz CT molecular complexity index is 905. The minimum absolute atomic E-state index is 0.159. The quantitative estimate of drug-likeness (QED) is 0.711. The predicted octanol–water partition coefficient (Wildman–Crippen LogP) is 3.63. The lowest BCUT2D eigenvalue weighted by Gasteiger charge is -2.06. The molecule has 0 spiro atoms. The van der Waals surface area contributed by atoms with Gasteiger partial charge < -0.3 is 9.72 Å². The van der Waals surface area contributed by atoms with Gasteiger partial charge in [-0.3, -0.25) is 9.78 Å². The molecule has 2 heterocycles. The van der Waals surface area contributed by atoms with Crippen molar-refractivity contribution in [1.82, 2.24) is 9.97 Å². The molecule has 0 radical (unpaired) electrons. The summed E-state index contributed by atoms with van der Waals surface area (Å²) in [5.74, 6) is 0.835. The molecule has 2 aromatic heterocycles. The molecule has 0 atom stereocenters. The highest BCUT2D eigenvalue weighted by Crippen LogP contribution is 2.32. The van der Waals surface area contributed by atoms with Crippen molar-refractivity contribution in [2.24, 2.45) is 0 Å². The molecule has 0 bridgehead atoms. The number of ether oxygens (including phenoxy) is 1. The van der Waals surface area contributed by atoms with Gasteiger partial charge in [-0.15, -0.1) is 11.3 Å². The van der Waals surface area contributed by atoms with Gasteiger partial charge in [0.05, 0.1) is 12.5 Å². The minimum Gasteiger partial charge on any atom is -0.496 e. The number of aromatic amines is 2. The Morgan fingerprint density at radius 3 is 2.80 bits per heavy atom. The van der Waals surface area contributed by atoms with E-state index in [1.54, 1.807) is 7.11 Å². The van der Waals surface area contributed by atoms with E-state index < -0.39 is 0 Å². The third kappa shape index (κ3) is 2.07. The SMILES string of the molecule is COc1ccc(-c2csc3[nH]c(=S)[nH]c(=O)c23)cc1C. The number of hydrogen-bond donors (Lipinski definition) is 2. The van der Waals surface area contributed by atoms with Gasteiger partial charge in [-0.05, 0) is 42.4 Å². The normalized spacial score (nSPS) is 10.9. The van der Waals surface area contributed by atoms with Crippen molar-refractivity contribution < 1.29 is 4.74 Å². The summed E-state index contributed by atoms with van der Waals surface area (Å²) in [5, 5.41) is 2.61. The van der Waals surface area contributed by atoms with Crippen LogP contribution in [0.5, 0.6) is 5.75 Å². The lowest BCUT2D eigenvalue weighted by molar-refractivity contribution is 0.412. The van der Waals surface area contributed by atoms with E-state index in [1.807, 2.05) is 30.5 Å². The molecule has 0 amide bonds. The molecule has 3 aromatic rings. The molecule has 1 aromatic carbocycles. The smallest absolute Gasteiger partial charge is 0.261 e. The minimum atomic E-state index is -0.159. The van der Waals surface area contributed by atoms with Crippen molar-refractivity contribution in [2.75, 3.05) is 7.11 Å². The molecule has 0 aliphatic rings. The number of thiophene rings is 1. The summed E-state index contributed by atoms with van der Waals surface area (Å²) < 4.78 is 5.61. The van der Waals surface area contributed by atoms with Crippen LogP contribution in [0.4, 0.5) is 0 Å². The molecule has 20 heavy (non-hydrogen) atoms. The fourth-order valence-electron chi connectivity index (χ4n) is 2.23.